The number of benzene rings is 2. The summed E-state index contributed by atoms with van der Waals surface area (Å²) in [5, 5.41) is 8.66. The maximum Gasteiger partial charge on any atom is 0.276 e. The molecule has 2 heterocycles. The zero-order chi connectivity index (χ0) is 26.2. The average molecular weight is 525 g/mol. The van der Waals surface area contributed by atoms with Gasteiger partial charge in [0.15, 0.2) is 5.69 Å². The maximum absolute atomic E-state index is 12.9. The first-order valence-corrected chi connectivity index (χ1v) is 12.4. The Hall–Kier alpha value is -3.89. The third-order valence-electron chi connectivity index (χ3n) is 6.07. The smallest absolute Gasteiger partial charge is 0.276 e. The highest BCUT2D eigenvalue weighted by Crippen LogP contribution is 2.29. The van der Waals surface area contributed by atoms with Gasteiger partial charge in [-0.3, -0.25) is 14.4 Å². The summed E-state index contributed by atoms with van der Waals surface area (Å²) < 4.78 is 5.39. The van der Waals surface area contributed by atoms with Gasteiger partial charge in [-0.05, 0) is 50.2 Å². The number of aromatic nitrogens is 2. The number of methoxy groups -OCH3 is 1. The first kappa shape index (κ1) is 26.2. The quantitative estimate of drug-likeness (QED) is 0.337. The van der Waals surface area contributed by atoms with Gasteiger partial charge >= 0.3 is 0 Å². The molecule has 10 nitrogen and oxygen atoms in total. The van der Waals surface area contributed by atoms with Crippen molar-refractivity contribution in [1.82, 2.24) is 20.2 Å². The number of carbonyl (C=O) groups is 3. The Morgan fingerprint density at radius 1 is 1.03 bits per heavy atom. The molecule has 11 heteroatoms. The number of anilines is 2. The van der Waals surface area contributed by atoms with Crippen molar-refractivity contribution in [3.05, 3.63) is 70.8 Å². The van der Waals surface area contributed by atoms with Crippen LogP contribution >= 0.6 is 11.6 Å². The molecule has 194 valence electrons. The summed E-state index contributed by atoms with van der Waals surface area (Å²) >= 11 is 6.11. The van der Waals surface area contributed by atoms with Gasteiger partial charge in [-0.1, -0.05) is 30.2 Å². The molecule has 0 unspecified atom stereocenters. The minimum absolute atomic E-state index is 0.0226. The normalized spacial score (nSPS) is 13.6. The van der Waals surface area contributed by atoms with Crippen molar-refractivity contribution in [2.45, 2.75) is 19.3 Å². The average Bonchev–Trinajstić information content (AvgIpc) is 3.41. The number of piperidine rings is 1. The van der Waals surface area contributed by atoms with Gasteiger partial charge in [-0.25, -0.2) is 4.98 Å². The molecular formula is C26H29ClN6O4. The van der Waals surface area contributed by atoms with Crippen LogP contribution in [0.2, 0.25) is 5.02 Å². The molecule has 4 rings (SSSR count). The highest BCUT2D eigenvalue weighted by atomic mass is 35.5. The highest BCUT2D eigenvalue weighted by Gasteiger charge is 2.21. The van der Waals surface area contributed by atoms with Gasteiger partial charge in [-0.2, -0.15) is 0 Å². The molecule has 4 N–H and O–H groups in total. The van der Waals surface area contributed by atoms with E-state index in [1.165, 1.54) is 32.7 Å². The maximum atomic E-state index is 12.9. The van der Waals surface area contributed by atoms with E-state index in [9.17, 15) is 14.4 Å². The van der Waals surface area contributed by atoms with Crippen LogP contribution in [0.3, 0.4) is 0 Å². The number of nitrogens with one attached hydrogen (secondary N) is 4. The van der Waals surface area contributed by atoms with Crippen molar-refractivity contribution in [2.75, 3.05) is 43.9 Å². The Balaban J connectivity index is 1.38. The predicted molar refractivity (Wildman–Crippen MR) is 142 cm³/mol. The number of H-pyrrole nitrogens is 1. The summed E-state index contributed by atoms with van der Waals surface area (Å²) in [7, 11) is 1.45. The van der Waals surface area contributed by atoms with E-state index >= 15 is 0 Å². The van der Waals surface area contributed by atoms with E-state index in [4.69, 9.17) is 16.3 Å². The molecule has 0 saturated carbocycles. The van der Waals surface area contributed by atoms with Gasteiger partial charge in [0.25, 0.3) is 17.7 Å². The summed E-state index contributed by atoms with van der Waals surface area (Å²) in [6, 6.07) is 11.5. The summed E-state index contributed by atoms with van der Waals surface area (Å²) in [5.41, 5.74) is 1.19. The lowest BCUT2D eigenvalue weighted by Crippen LogP contribution is -2.38. The lowest BCUT2D eigenvalue weighted by Gasteiger charge is -2.26. The fourth-order valence-corrected chi connectivity index (χ4v) is 4.36. The van der Waals surface area contributed by atoms with Gasteiger partial charge < -0.3 is 30.6 Å². The number of likely N-dealkylation sites (tertiary alicyclic amines) is 1. The van der Waals surface area contributed by atoms with E-state index in [2.05, 4.69) is 30.8 Å². The SMILES string of the molecule is COc1cc(NC(=O)c2nc[nH]c2C(=O)NCCN2CCCCC2)ccc1NC(=O)c1ccccc1Cl. The summed E-state index contributed by atoms with van der Waals surface area (Å²) in [5.74, 6) is -1.02. The molecule has 1 aliphatic heterocycles. The van der Waals surface area contributed by atoms with Crippen molar-refractivity contribution in [3.8, 4) is 5.75 Å². The number of ether oxygens (including phenoxy) is 1. The highest BCUT2D eigenvalue weighted by molar-refractivity contribution is 6.34. The number of aromatic amines is 1. The number of halogens is 1. The molecule has 1 aromatic heterocycles. The van der Waals surface area contributed by atoms with E-state index < -0.39 is 17.7 Å². The number of imidazole rings is 1. The van der Waals surface area contributed by atoms with E-state index in [0.717, 1.165) is 19.6 Å². The molecule has 2 aromatic carbocycles. The number of rotatable bonds is 9. The lowest BCUT2D eigenvalue weighted by molar-refractivity contribution is 0.0929. The van der Waals surface area contributed by atoms with E-state index in [1.54, 1.807) is 42.5 Å². The van der Waals surface area contributed by atoms with Crippen LogP contribution in [0.4, 0.5) is 11.4 Å². The van der Waals surface area contributed by atoms with Crippen LogP contribution in [0.1, 0.15) is 50.6 Å². The van der Waals surface area contributed by atoms with Gasteiger partial charge in [0, 0.05) is 24.8 Å². The Labute approximate surface area is 219 Å². The first-order valence-electron chi connectivity index (χ1n) is 12.1. The number of nitrogens with zero attached hydrogens (tertiary/aromatic N) is 2. The molecule has 0 atom stereocenters. The summed E-state index contributed by atoms with van der Waals surface area (Å²) in [6.07, 6.45) is 4.92. The fraction of sp³-hybridized carbons (Fsp3) is 0.308. The Kier molecular flexibility index (Phi) is 8.76. The minimum Gasteiger partial charge on any atom is -0.494 e. The molecule has 3 amide bonds. The van der Waals surface area contributed by atoms with Crippen molar-refractivity contribution >= 4 is 40.7 Å². The second-order valence-corrected chi connectivity index (χ2v) is 8.99. The standard InChI is InChI=1S/C26H29ClN6O4/c1-37-21-15-17(9-10-20(21)32-24(34)18-7-3-4-8-19(18)27)31-26(36)23-22(29-16-30-23)25(35)28-11-14-33-12-5-2-6-13-33/h3-4,7-10,15-16H,2,5-6,11-14H2,1H3,(H,28,35)(H,29,30)(H,31,36)(H,32,34). The second kappa shape index (κ2) is 12.4. The van der Waals surface area contributed by atoms with Crippen LogP contribution in [0.25, 0.3) is 0 Å². The zero-order valence-electron chi connectivity index (χ0n) is 20.5. The number of carbonyl (C=O) groups excluding carboxylic acids is 3. The van der Waals surface area contributed by atoms with Crippen LogP contribution in [-0.4, -0.2) is 65.9 Å². The van der Waals surface area contributed by atoms with Gasteiger partial charge in [0.1, 0.15) is 11.4 Å². The van der Waals surface area contributed by atoms with Crippen molar-refractivity contribution in [3.63, 3.8) is 0 Å². The minimum atomic E-state index is -0.558. The third-order valence-corrected chi connectivity index (χ3v) is 6.40. The van der Waals surface area contributed by atoms with Crippen LogP contribution < -0.4 is 20.7 Å². The van der Waals surface area contributed by atoms with E-state index in [1.807, 2.05) is 0 Å². The monoisotopic (exact) mass is 524 g/mol. The predicted octanol–water partition coefficient (Wildman–Crippen LogP) is 3.79. The Bertz CT molecular complexity index is 1270. The molecule has 1 saturated heterocycles. The molecular weight excluding hydrogens is 496 g/mol. The van der Waals surface area contributed by atoms with E-state index in [0.29, 0.717) is 34.3 Å². The second-order valence-electron chi connectivity index (χ2n) is 8.59. The van der Waals surface area contributed by atoms with Gasteiger partial charge in [0.2, 0.25) is 0 Å². The van der Waals surface area contributed by atoms with Crippen LogP contribution in [0.15, 0.2) is 48.8 Å². The number of amides is 3. The van der Waals surface area contributed by atoms with Crippen molar-refractivity contribution < 1.29 is 19.1 Å². The van der Waals surface area contributed by atoms with Crippen LogP contribution in [0, 0.1) is 0 Å². The van der Waals surface area contributed by atoms with Crippen LogP contribution in [0.5, 0.6) is 5.75 Å². The molecule has 0 aliphatic carbocycles. The largest absolute Gasteiger partial charge is 0.494 e. The molecule has 3 aromatic rings. The van der Waals surface area contributed by atoms with Crippen molar-refractivity contribution in [1.29, 1.82) is 0 Å². The summed E-state index contributed by atoms with van der Waals surface area (Å²) in [6.45, 7) is 3.33. The lowest BCUT2D eigenvalue weighted by atomic mass is 10.1. The number of hydrogen-bond acceptors (Lipinski definition) is 6. The number of hydrogen-bond donors (Lipinski definition) is 4. The summed E-state index contributed by atoms with van der Waals surface area (Å²) in [4.78, 5) is 47.3. The molecule has 1 fully saturated rings. The topological polar surface area (TPSA) is 128 Å². The van der Waals surface area contributed by atoms with Crippen molar-refractivity contribution in [2.24, 2.45) is 0 Å². The molecule has 1 aliphatic rings. The van der Waals surface area contributed by atoms with Crippen LogP contribution in [-0.2, 0) is 0 Å². The Morgan fingerprint density at radius 3 is 2.57 bits per heavy atom. The first-order chi connectivity index (χ1) is 18.0. The molecule has 0 radical (unpaired) electrons. The van der Waals surface area contributed by atoms with Gasteiger partial charge in [0.05, 0.1) is 29.7 Å². The van der Waals surface area contributed by atoms with Gasteiger partial charge in [-0.15, -0.1) is 0 Å². The zero-order valence-corrected chi connectivity index (χ0v) is 21.2. The Morgan fingerprint density at radius 2 is 1.81 bits per heavy atom. The molecule has 37 heavy (non-hydrogen) atoms. The van der Waals surface area contributed by atoms with E-state index in [-0.39, 0.29) is 11.4 Å². The fourth-order valence-electron chi connectivity index (χ4n) is 4.14. The third kappa shape index (κ3) is 6.66. The molecule has 0 spiro atoms. The molecule has 0 bridgehead atoms.